The Balaban J connectivity index is 1.50. The Hall–Kier alpha value is -2.89. The number of carbonyl (C=O) groups excluding carboxylic acids is 2. The van der Waals surface area contributed by atoms with E-state index < -0.39 is 0 Å². The van der Waals surface area contributed by atoms with Crippen molar-refractivity contribution in [2.45, 2.75) is 19.9 Å². The Morgan fingerprint density at radius 2 is 2.12 bits per heavy atom. The van der Waals surface area contributed by atoms with Crippen molar-refractivity contribution in [3.63, 3.8) is 0 Å². The first kappa shape index (κ1) is 16.0. The van der Waals surface area contributed by atoms with Gasteiger partial charge in [0.1, 0.15) is 0 Å². The van der Waals surface area contributed by atoms with Crippen LogP contribution in [-0.4, -0.2) is 34.9 Å². The second-order valence-corrected chi connectivity index (χ2v) is 5.85. The topological polar surface area (TPSA) is 74.3 Å². The molecule has 2 aromatic rings. The molecule has 2 N–H and O–H groups in total. The second-order valence-electron chi connectivity index (χ2n) is 5.85. The fraction of sp³-hybridized carbons (Fsp3) is 0.278. The van der Waals surface area contributed by atoms with E-state index in [9.17, 15) is 9.59 Å². The summed E-state index contributed by atoms with van der Waals surface area (Å²) in [6, 6.07) is 11.1. The predicted octanol–water partition coefficient (Wildman–Crippen LogP) is 2.10. The van der Waals surface area contributed by atoms with Gasteiger partial charge in [0.15, 0.2) is 0 Å². The molecule has 0 radical (unpaired) electrons. The Morgan fingerprint density at radius 1 is 1.25 bits per heavy atom. The van der Waals surface area contributed by atoms with Gasteiger partial charge in [-0.15, -0.1) is 0 Å². The van der Waals surface area contributed by atoms with Crippen molar-refractivity contribution in [1.29, 1.82) is 0 Å². The maximum atomic E-state index is 12.3. The number of pyridine rings is 1. The monoisotopic (exact) mass is 324 g/mol. The van der Waals surface area contributed by atoms with E-state index in [0.29, 0.717) is 18.8 Å². The lowest BCUT2D eigenvalue weighted by Crippen LogP contribution is -2.43. The highest BCUT2D eigenvalue weighted by Crippen LogP contribution is 2.16. The number of carbonyl (C=O) groups is 2. The van der Waals surface area contributed by atoms with Crippen LogP contribution < -0.4 is 10.6 Å². The zero-order valence-electron chi connectivity index (χ0n) is 13.6. The van der Waals surface area contributed by atoms with Crippen LogP contribution in [0.25, 0.3) is 0 Å². The lowest BCUT2D eigenvalue weighted by atomic mass is 10.1. The van der Waals surface area contributed by atoms with Gasteiger partial charge in [0.05, 0.1) is 18.8 Å². The minimum absolute atomic E-state index is 0.0280. The Morgan fingerprint density at radius 3 is 2.96 bits per heavy atom. The van der Waals surface area contributed by atoms with Crippen molar-refractivity contribution < 1.29 is 9.59 Å². The van der Waals surface area contributed by atoms with E-state index in [1.807, 2.05) is 43.3 Å². The molecule has 1 aromatic heterocycles. The highest BCUT2D eigenvalue weighted by Gasteiger charge is 2.21. The van der Waals surface area contributed by atoms with Crippen LogP contribution in [0.4, 0.5) is 10.5 Å². The average Bonchev–Trinajstić information content (AvgIpc) is 2.59. The van der Waals surface area contributed by atoms with Crippen LogP contribution in [0.1, 0.15) is 16.8 Å². The third-order valence-electron chi connectivity index (χ3n) is 4.01. The molecule has 0 aliphatic carbocycles. The standard InChI is InChI=1S/C18H20N4O2/c1-13-4-2-6-15(10-13)21-18(24)20-11-17(23)22-9-7-14-5-3-8-19-16(14)12-22/h2-6,8,10H,7,9,11-12H2,1H3,(H2,20,21,24). The minimum Gasteiger partial charge on any atom is -0.335 e. The number of hydrogen-bond donors (Lipinski definition) is 2. The summed E-state index contributed by atoms with van der Waals surface area (Å²) in [7, 11) is 0. The fourth-order valence-electron chi connectivity index (χ4n) is 2.74. The van der Waals surface area contributed by atoms with Gasteiger partial charge >= 0.3 is 6.03 Å². The van der Waals surface area contributed by atoms with Gasteiger partial charge in [0.2, 0.25) is 5.91 Å². The fourth-order valence-corrected chi connectivity index (χ4v) is 2.74. The van der Waals surface area contributed by atoms with Crippen molar-refractivity contribution >= 4 is 17.6 Å². The molecule has 2 heterocycles. The minimum atomic E-state index is -0.385. The van der Waals surface area contributed by atoms with E-state index in [1.54, 1.807) is 11.1 Å². The quantitative estimate of drug-likeness (QED) is 0.908. The van der Waals surface area contributed by atoms with Crippen LogP contribution in [0.3, 0.4) is 0 Å². The summed E-state index contributed by atoms with van der Waals surface area (Å²) in [5, 5.41) is 5.33. The molecule has 24 heavy (non-hydrogen) atoms. The maximum Gasteiger partial charge on any atom is 0.319 e. The molecule has 0 atom stereocenters. The van der Waals surface area contributed by atoms with Crippen molar-refractivity contribution in [1.82, 2.24) is 15.2 Å². The molecule has 124 valence electrons. The van der Waals surface area contributed by atoms with Crippen LogP contribution in [0.15, 0.2) is 42.6 Å². The molecule has 6 nitrogen and oxygen atoms in total. The molecule has 1 aromatic carbocycles. The largest absolute Gasteiger partial charge is 0.335 e. The molecular formula is C18H20N4O2. The molecule has 0 fully saturated rings. The SMILES string of the molecule is Cc1cccc(NC(=O)NCC(=O)N2CCc3cccnc3C2)c1. The number of aryl methyl sites for hydroxylation is 1. The normalized spacial score (nSPS) is 13.1. The van der Waals surface area contributed by atoms with Gasteiger partial charge in [-0.3, -0.25) is 9.78 Å². The summed E-state index contributed by atoms with van der Waals surface area (Å²) in [5.41, 5.74) is 3.88. The van der Waals surface area contributed by atoms with E-state index in [-0.39, 0.29) is 18.5 Å². The van der Waals surface area contributed by atoms with Crippen LogP contribution in [0.2, 0.25) is 0 Å². The molecule has 3 rings (SSSR count). The smallest absolute Gasteiger partial charge is 0.319 e. The van der Waals surface area contributed by atoms with Crippen LogP contribution in [0.5, 0.6) is 0 Å². The zero-order valence-corrected chi connectivity index (χ0v) is 13.6. The molecule has 0 saturated heterocycles. The number of urea groups is 1. The first-order chi connectivity index (χ1) is 11.6. The van der Waals surface area contributed by atoms with Gasteiger partial charge in [-0.2, -0.15) is 0 Å². The Kier molecular flexibility index (Phi) is 4.74. The van der Waals surface area contributed by atoms with E-state index in [4.69, 9.17) is 0 Å². The van der Waals surface area contributed by atoms with Crippen LogP contribution in [-0.2, 0) is 17.8 Å². The number of amides is 3. The predicted molar refractivity (Wildman–Crippen MR) is 91.6 cm³/mol. The highest BCUT2D eigenvalue weighted by atomic mass is 16.2. The van der Waals surface area contributed by atoms with Gasteiger partial charge in [0, 0.05) is 18.4 Å². The number of anilines is 1. The van der Waals surface area contributed by atoms with Gasteiger partial charge < -0.3 is 15.5 Å². The van der Waals surface area contributed by atoms with Crippen molar-refractivity contribution in [3.05, 3.63) is 59.4 Å². The summed E-state index contributed by atoms with van der Waals surface area (Å²) in [6.45, 7) is 3.07. The maximum absolute atomic E-state index is 12.3. The number of nitrogens with one attached hydrogen (secondary N) is 2. The molecule has 0 unspecified atom stereocenters. The molecular weight excluding hydrogens is 304 g/mol. The van der Waals surface area contributed by atoms with Crippen molar-refractivity contribution in [2.24, 2.45) is 0 Å². The van der Waals surface area contributed by atoms with Gasteiger partial charge in [0.25, 0.3) is 0 Å². The number of benzene rings is 1. The molecule has 0 saturated carbocycles. The first-order valence-electron chi connectivity index (χ1n) is 7.94. The van der Waals surface area contributed by atoms with Crippen LogP contribution in [0, 0.1) is 6.92 Å². The third kappa shape index (κ3) is 3.90. The van der Waals surface area contributed by atoms with Gasteiger partial charge in [-0.05, 0) is 42.7 Å². The van der Waals surface area contributed by atoms with Crippen molar-refractivity contribution in [3.8, 4) is 0 Å². The van der Waals surface area contributed by atoms with Crippen molar-refractivity contribution in [2.75, 3.05) is 18.4 Å². The summed E-state index contributed by atoms with van der Waals surface area (Å²) in [5.74, 6) is -0.106. The number of aromatic nitrogens is 1. The van der Waals surface area contributed by atoms with E-state index in [0.717, 1.165) is 17.7 Å². The van der Waals surface area contributed by atoms with E-state index in [2.05, 4.69) is 15.6 Å². The van der Waals surface area contributed by atoms with Gasteiger partial charge in [-0.1, -0.05) is 18.2 Å². The number of rotatable bonds is 3. The second kappa shape index (κ2) is 7.12. The molecule has 1 aliphatic heterocycles. The summed E-state index contributed by atoms with van der Waals surface area (Å²) in [4.78, 5) is 30.2. The molecule has 0 spiro atoms. The molecule has 6 heteroatoms. The number of fused-ring (bicyclic) bond motifs is 1. The van der Waals surface area contributed by atoms with E-state index in [1.165, 1.54) is 5.56 Å². The summed E-state index contributed by atoms with van der Waals surface area (Å²) >= 11 is 0. The molecule has 3 amide bonds. The highest BCUT2D eigenvalue weighted by molar-refractivity contribution is 5.92. The van der Waals surface area contributed by atoms with Gasteiger partial charge in [-0.25, -0.2) is 4.79 Å². The lowest BCUT2D eigenvalue weighted by Gasteiger charge is -2.28. The molecule has 0 bridgehead atoms. The third-order valence-corrected chi connectivity index (χ3v) is 4.01. The Bertz CT molecular complexity index is 760. The summed E-state index contributed by atoms with van der Waals surface area (Å²) in [6.07, 6.45) is 2.53. The number of nitrogens with zero attached hydrogens (tertiary/aromatic N) is 2. The van der Waals surface area contributed by atoms with Crippen LogP contribution >= 0.6 is 0 Å². The molecule has 1 aliphatic rings. The lowest BCUT2D eigenvalue weighted by molar-refractivity contribution is -0.131. The zero-order chi connectivity index (χ0) is 16.9. The summed E-state index contributed by atoms with van der Waals surface area (Å²) < 4.78 is 0. The average molecular weight is 324 g/mol. The number of hydrogen-bond acceptors (Lipinski definition) is 3. The van der Waals surface area contributed by atoms with E-state index >= 15 is 0 Å². The first-order valence-corrected chi connectivity index (χ1v) is 7.94. The Labute approximate surface area is 140 Å².